The third-order valence-corrected chi connectivity index (χ3v) is 7.25. The number of aromatic nitrogens is 4. The molecule has 0 spiro atoms. The lowest BCUT2D eigenvalue weighted by atomic mass is 10.1. The second-order valence-corrected chi connectivity index (χ2v) is 10.4. The summed E-state index contributed by atoms with van der Waals surface area (Å²) in [6.45, 7) is 2.30. The topological polar surface area (TPSA) is 111 Å². The molecule has 0 atom stereocenters. The Hall–Kier alpha value is -3.47. The Morgan fingerprint density at radius 2 is 1.76 bits per heavy atom. The van der Waals surface area contributed by atoms with Gasteiger partial charge in [-0.1, -0.05) is 0 Å². The van der Waals surface area contributed by atoms with E-state index in [0.29, 0.717) is 22.5 Å². The van der Waals surface area contributed by atoms with Crippen molar-refractivity contribution in [2.45, 2.75) is 30.3 Å². The fourth-order valence-corrected chi connectivity index (χ4v) is 4.98. The van der Waals surface area contributed by atoms with Crippen molar-refractivity contribution in [3.8, 4) is 11.6 Å². The number of methoxy groups -OCH3 is 1. The highest BCUT2D eigenvalue weighted by molar-refractivity contribution is 7.90. The van der Waals surface area contributed by atoms with Crippen LogP contribution in [0.5, 0.6) is 11.6 Å². The molecule has 0 saturated carbocycles. The SMILES string of the molecule is COc1cnc(N2CCC(Oc3cc(N4CCc5cc(S(C)(=O)=O)ccc54)ncn3)CC2)nc1. The van der Waals surface area contributed by atoms with Crippen LogP contribution in [0.25, 0.3) is 0 Å². The van der Waals surface area contributed by atoms with Gasteiger partial charge in [-0.2, -0.15) is 0 Å². The lowest BCUT2D eigenvalue weighted by Gasteiger charge is -2.32. The summed E-state index contributed by atoms with van der Waals surface area (Å²) in [4.78, 5) is 22.0. The maximum absolute atomic E-state index is 11.9. The van der Waals surface area contributed by atoms with Gasteiger partial charge in [-0.25, -0.2) is 28.4 Å². The van der Waals surface area contributed by atoms with Crippen LogP contribution in [0.3, 0.4) is 0 Å². The van der Waals surface area contributed by atoms with Crippen molar-refractivity contribution in [2.24, 2.45) is 0 Å². The molecule has 10 nitrogen and oxygen atoms in total. The van der Waals surface area contributed by atoms with Crippen molar-refractivity contribution >= 4 is 27.3 Å². The van der Waals surface area contributed by atoms with E-state index in [1.165, 1.54) is 12.6 Å². The maximum Gasteiger partial charge on any atom is 0.225 e. The summed E-state index contributed by atoms with van der Waals surface area (Å²) < 4.78 is 35.1. The Balaban J connectivity index is 1.24. The second kappa shape index (κ2) is 9.05. The molecule has 1 aromatic carbocycles. The van der Waals surface area contributed by atoms with E-state index in [0.717, 1.165) is 56.0 Å². The maximum atomic E-state index is 11.9. The van der Waals surface area contributed by atoms with Gasteiger partial charge in [0.05, 0.1) is 24.4 Å². The third kappa shape index (κ3) is 4.60. The molecule has 0 radical (unpaired) electrons. The standard InChI is InChI=1S/C23H26N6O4S/c1-32-18-13-24-23(25-14-18)28-8-6-17(7-9-28)33-22-12-21(26-15-27-22)29-10-5-16-11-19(34(2,30)31)3-4-20(16)29/h3-4,11-15,17H,5-10H2,1-2H3. The molecule has 34 heavy (non-hydrogen) atoms. The van der Waals surface area contributed by atoms with E-state index in [9.17, 15) is 8.42 Å². The first-order valence-electron chi connectivity index (χ1n) is 11.1. The van der Waals surface area contributed by atoms with E-state index in [1.807, 2.05) is 12.1 Å². The van der Waals surface area contributed by atoms with Gasteiger partial charge in [0.15, 0.2) is 15.6 Å². The zero-order valence-electron chi connectivity index (χ0n) is 19.1. The highest BCUT2D eigenvalue weighted by atomic mass is 32.2. The molecular formula is C23H26N6O4S. The molecule has 1 saturated heterocycles. The Morgan fingerprint density at radius 3 is 2.47 bits per heavy atom. The number of hydrogen-bond acceptors (Lipinski definition) is 10. The van der Waals surface area contributed by atoms with Gasteiger partial charge in [0.2, 0.25) is 11.8 Å². The molecule has 0 unspecified atom stereocenters. The molecule has 4 heterocycles. The minimum atomic E-state index is -3.24. The highest BCUT2D eigenvalue weighted by Crippen LogP contribution is 2.35. The van der Waals surface area contributed by atoms with Crippen LogP contribution in [0.15, 0.2) is 47.9 Å². The Labute approximate surface area is 198 Å². The number of benzene rings is 1. The van der Waals surface area contributed by atoms with Gasteiger partial charge < -0.3 is 19.3 Å². The molecule has 0 N–H and O–H groups in total. The number of ether oxygens (including phenoxy) is 2. The summed E-state index contributed by atoms with van der Waals surface area (Å²) in [5.41, 5.74) is 1.96. The quantitative estimate of drug-likeness (QED) is 0.519. The molecule has 0 amide bonds. The van der Waals surface area contributed by atoms with Gasteiger partial charge in [-0.3, -0.25) is 0 Å². The van der Waals surface area contributed by atoms with Gasteiger partial charge in [0.1, 0.15) is 18.2 Å². The van der Waals surface area contributed by atoms with Crippen LogP contribution < -0.4 is 19.3 Å². The largest absolute Gasteiger partial charge is 0.494 e. The molecular weight excluding hydrogens is 456 g/mol. The van der Waals surface area contributed by atoms with Crippen LogP contribution in [-0.2, 0) is 16.3 Å². The third-order valence-electron chi connectivity index (χ3n) is 6.14. The van der Waals surface area contributed by atoms with Crippen molar-refractivity contribution in [2.75, 3.05) is 42.8 Å². The zero-order valence-corrected chi connectivity index (χ0v) is 19.9. The van der Waals surface area contributed by atoms with Crippen LogP contribution in [0.1, 0.15) is 18.4 Å². The molecule has 2 aromatic heterocycles. The Morgan fingerprint density at radius 1 is 1.00 bits per heavy atom. The van der Waals surface area contributed by atoms with Crippen molar-refractivity contribution in [3.05, 3.63) is 48.5 Å². The first-order valence-corrected chi connectivity index (χ1v) is 13.0. The van der Waals surface area contributed by atoms with E-state index in [4.69, 9.17) is 9.47 Å². The average molecular weight is 483 g/mol. The monoisotopic (exact) mass is 482 g/mol. The van der Waals surface area contributed by atoms with E-state index >= 15 is 0 Å². The van der Waals surface area contributed by atoms with E-state index < -0.39 is 9.84 Å². The van der Waals surface area contributed by atoms with Crippen molar-refractivity contribution in [3.63, 3.8) is 0 Å². The average Bonchev–Trinajstić information content (AvgIpc) is 3.28. The van der Waals surface area contributed by atoms with Gasteiger partial charge in [-0.05, 0) is 30.2 Å². The van der Waals surface area contributed by atoms with Crippen LogP contribution >= 0.6 is 0 Å². The lowest BCUT2D eigenvalue weighted by molar-refractivity contribution is 0.163. The summed E-state index contributed by atoms with van der Waals surface area (Å²) in [5, 5.41) is 0. The normalized spacial score (nSPS) is 16.4. The van der Waals surface area contributed by atoms with Crippen LogP contribution in [0, 0.1) is 0 Å². The predicted octanol–water partition coefficient (Wildman–Crippen LogP) is 2.42. The molecule has 3 aromatic rings. The zero-order chi connectivity index (χ0) is 23.7. The first kappa shape index (κ1) is 22.3. The molecule has 178 valence electrons. The molecule has 11 heteroatoms. The molecule has 2 aliphatic heterocycles. The van der Waals surface area contributed by atoms with Gasteiger partial charge in [0.25, 0.3) is 0 Å². The summed E-state index contributed by atoms with van der Waals surface area (Å²) in [6.07, 6.45) is 8.53. The van der Waals surface area contributed by atoms with Gasteiger partial charge >= 0.3 is 0 Å². The lowest BCUT2D eigenvalue weighted by Crippen LogP contribution is -2.39. The number of fused-ring (bicyclic) bond motifs is 1. The van der Waals surface area contributed by atoms with Crippen molar-refractivity contribution < 1.29 is 17.9 Å². The first-order chi connectivity index (χ1) is 16.4. The van der Waals surface area contributed by atoms with Gasteiger partial charge in [0, 0.05) is 50.5 Å². The molecule has 5 rings (SSSR count). The summed E-state index contributed by atoms with van der Waals surface area (Å²) in [6, 6.07) is 7.09. The van der Waals surface area contributed by atoms with Gasteiger partial charge in [-0.15, -0.1) is 0 Å². The number of nitrogens with zero attached hydrogens (tertiary/aromatic N) is 6. The smallest absolute Gasteiger partial charge is 0.225 e. The number of hydrogen-bond donors (Lipinski definition) is 0. The van der Waals surface area contributed by atoms with Crippen LogP contribution in [0.2, 0.25) is 0 Å². The molecule has 2 aliphatic rings. The fraction of sp³-hybridized carbons (Fsp3) is 0.391. The molecule has 0 bridgehead atoms. The van der Waals surface area contributed by atoms with Crippen LogP contribution in [-0.4, -0.2) is 67.5 Å². The van der Waals surface area contributed by atoms with Crippen molar-refractivity contribution in [1.29, 1.82) is 0 Å². The summed E-state index contributed by atoms with van der Waals surface area (Å²) >= 11 is 0. The number of piperidine rings is 1. The fourth-order valence-electron chi connectivity index (χ4n) is 4.31. The van der Waals surface area contributed by atoms with Crippen LogP contribution in [0.4, 0.5) is 17.5 Å². The van der Waals surface area contributed by atoms with E-state index in [-0.39, 0.29) is 6.10 Å². The Kier molecular flexibility index (Phi) is 5.94. The van der Waals surface area contributed by atoms with Crippen molar-refractivity contribution in [1.82, 2.24) is 19.9 Å². The minimum Gasteiger partial charge on any atom is -0.494 e. The second-order valence-electron chi connectivity index (χ2n) is 8.41. The minimum absolute atomic E-state index is 0.0421. The Bertz CT molecular complexity index is 1280. The van der Waals surface area contributed by atoms with E-state index in [1.54, 1.807) is 31.6 Å². The summed E-state index contributed by atoms with van der Waals surface area (Å²) in [5.74, 6) is 2.60. The number of sulfone groups is 1. The van der Waals surface area contributed by atoms with E-state index in [2.05, 4.69) is 29.7 Å². The molecule has 1 fully saturated rings. The number of rotatable bonds is 6. The molecule has 0 aliphatic carbocycles. The summed E-state index contributed by atoms with van der Waals surface area (Å²) in [7, 11) is -1.64. The number of anilines is 3. The highest BCUT2D eigenvalue weighted by Gasteiger charge is 2.25. The predicted molar refractivity (Wildman–Crippen MR) is 127 cm³/mol.